The molecular weight excluding hydrogens is 176 g/mol. The Morgan fingerprint density at radius 3 is 2.71 bits per heavy atom. The first-order chi connectivity index (χ1) is 6.67. The summed E-state index contributed by atoms with van der Waals surface area (Å²) >= 11 is 0. The molecule has 0 aromatic carbocycles. The SMILES string of the molecule is CCc1cc(CCC(O)CC)n(C)n1. The predicted molar refractivity (Wildman–Crippen MR) is 57.2 cm³/mol. The quantitative estimate of drug-likeness (QED) is 0.778. The smallest absolute Gasteiger partial charge is 0.0624 e. The molecule has 0 saturated carbocycles. The highest BCUT2D eigenvalue weighted by Gasteiger charge is 2.06. The molecule has 0 aliphatic carbocycles. The number of aryl methyl sites for hydroxylation is 3. The summed E-state index contributed by atoms with van der Waals surface area (Å²) < 4.78 is 1.92. The van der Waals surface area contributed by atoms with Crippen LogP contribution in [0.2, 0.25) is 0 Å². The van der Waals surface area contributed by atoms with E-state index in [0.29, 0.717) is 0 Å². The number of aromatic nitrogens is 2. The number of nitrogens with zero attached hydrogens (tertiary/aromatic N) is 2. The molecule has 0 saturated heterocycles. The van der Waals surface area contributed by atoms with Crippen molar-refractivity contribution in [3.63, 3.8) is 0 Å². The zero-order chi connectivity index (χ0) is 10.6. The Balaban J connectivity index is 2.53. The van der Waals surface area contributed by atoms with Crippen molar-refractivity contribution in [2.24, 2.45) is 7.05 Å². The molecule has 0 bridgehead atoms. The summed E-state index contributed by atoms with van der Waals surface area (Å²) in [5.74, 6) is 0. The molecule has 1 heterocycles. The standard InChI is InChI=1S/C11H20N2O/c1-4-9-8-10(13(3)12-9)6-7-11(14)5-2/h8,11,14H,4-7H2,1-3H3. The maximum atomic E-state index is 9.44. The molecule has 0 radical (unpaired) electrons. The van der Waals surface area contributed by atoms with E-state index < -0.39 is 0 Å². The maximum absolute atomic E-state index is 9.44. The van der Waals surface area contributed by atoms with Crippen LogP contribution >= 0.6 is 0 Å². The summed E-state index contributed by atoms with van der Waals surface area (Å²) in [5.41, 5.74) is 2.35. The fourth-order valence-electron chi connectivity index (χ4n) is 1.50. The predicted octanol–water partition coefficient (Wildman–Crippen LogP) is 1.69. The summed E-state index contributed by atoms with van der Waals surface area (Å²) in [7, 11) is 1.97. The molecule has 0 fully saturated rings. The second kappa shape index (κ2) is 5.15. The third kappa shape index (κ3) is 2.84. The van der Waals surface area contributed by atoms with Crippen molar-refractivity contribution in [1.82, 2.24) is 9.78 Å². The summed E-state index contributed by atoms with van der Waals surface area (Å²) in [6.07, 6.45) is 3.38. The van der Waals surface area contributed by atoms with E-state index in [2.05, 4.69) is 18.1 Å². The highest BCUT2D eigenvalue weighted by Crippen LogP contribution is 2.09. The third-order valence-corrected chi connectivity index (χ3v) is 2.59. The molecule has 1 aromatic rings. The average Bonchev–Trinajstić information content (AvgIpc) is 2.55. The minimum atomic E-state index is -0.171. The van der Waals surface area contributed by atoms with Gasteiger partial charge in [-0.05, 0) is 31.7 Å². The van der Waals surface area contributed by atoms with Gasteiger partial charge in [-0.3, -0.25) is 4.68 Å². The van der Waals surface area contributed by atoms with Gasteiger partial charge in [0.2, 0.25) is 0 Å². The first-order valence-corrected chi connectivity index (χ1v) is 5.37. The van der Waals surface area contributed by atoms with Gasteiger partial charge < -0.3 is 5.11 Å². The van der Waals surface area contributed by atoms with Gasteiger partial charge in [-0.25, -0.2) is 0 Å². The fraction of sp³-hybridized carbons (Fsp3) is 0.727. The van der Waals surface area contributed by atoms with Crippen molar-refractivity contribution in [3.05, 3.63) is 17.5 Å². The number of aliphatic hydroxyl groups excluding tert-OH is 1. The van der Waals surface area contributed by atoms with Crippen LogP contribution in [0.25, 0.3) is 0 Å². The van der Waals surface area contributed by atoms with Gasteiger partial charge in [0.05, 0.1) is 11.8 Å². The van der Waals surface area contributed by atoms with Gasteiger partial charge in [0, 0.05) is 12.7 Å². The molecule has 1 aromatic heterocycles. The highest BCUT2D eigenvalue weighted by atomic mass is 16.3. The van der Waals surface area contributed by atoms with Crippen LogP contribution in [0.15, 0.2) is 6.07 Å². The van der Waals surface area contributed by atoms with Gasteiger partial charge in [0.1, 0.15) is 0 Å². The van der Waals surface area contributed by atoms with Gasteiger partial charge in [-0.1, -0.05) is 13.8 Å². The van der Waals surface area contributed by atoms with E-state index in [9.17, 15) is 5.11 Å². The molecular formula is C11H20N2O. The molecule has 14 heavy (non-hydrogen) atoms. The molecule has 1 rings (SSSR count). The summed E-state index contributed by atoms with van der Waals surface area (Å²) in [6, 6.07) is 2.13. The Morgan fingerprint density at radius 1 is 1.50 bits per heavy atom. The Bertz CT molecular complexity index is 281. The van der Waals surface area contributed by atoms with Gasteiger partial charge in [0.25, 0.3) is 0 Å². The van der Waals surface area contributed by atoms with Crippen LogP contribution in [0, 0.1) is 0 Å². The molecule has 0 amide bonds. The first-order valence-electron chi connectivity index (χ1n) is 5.37. The summed E-state index contributed by atoms with van der Waals surface area (Å²) in [4.78, 5) is 0. The van der Waals surface area contributed by atoms with Gasteiger partial charge in [-0.15, -0.1) is 0 Å². The molecule has 0 aliphatic rings. The van der Waals surface area contributed by atoms with Crippen molar-refractivity contribution in [2.75, 3.05) is 0 Å². The molecule has 3 nitrogen and oxygen atoms in total. The molecule has 1 atom stereocenters. The van der Waals surface area contributed by atoms with E-state index in [1.807, 2.05) is 18.7 Å². The van der Waals surface area contributed by atoms with E-state index in [-0.39, 0.29) is 6.10 Å². The molecule has 0 spiro atoms. The normalized spacial score (nSPS) is 13.1. The average molecular weight is 196 g/mol. The van der Waals surface area contributed by atoms with E-state index in [1.54, 1.807) is 0 Å². The lowest BCUT2D eigenvalue weighted by molar-refractivity contribution is 0.160. The van der Waals surface area contributed by atoms with E-state index in [1.165, 1.54) is 5.69 Å². The minimum absolute atomic E-state index is 0.171. The monoisotopic (exact) mass is 196 g/mol. The van der Waals surface area contributed by atoms with Gasteiger partial charge in [0.15, 0.2) is 0 Å². The lowest BCUT2D eigenvalue weighted by atomic mass is 10.1. The van der Waals surface area contributed by atoms with Gasteiger partial charge in [-0.2, -0.15) is 5.10 Å². The first kappa shape index (κ1) is 11.2. The van der Waals surface area contributed by atoms with E-state index in [0.717, 1.165) is 31.4 Å². The maximum Gasteiger partial charge on any atom is 0.0624 e. The lowest BCUT2D eigenvalue weighted by Gasteiger charge is -2.06. The Morgan fingerprint density at radius 2 is 2.21 bits per heavy atom. The van der Waals surface area contributed by atoms with Crippen LogP contribution in [-0.4, -0.2) is 21.0 Å². The highest BCUT2D eigenvalue weighted by molar-refractivity contribution is 5.10. The van der Waals surface area contributed by atoms with Crippen molar-refractivity contribution < 1.29 is 5.11 Å². The fourth-order valence-corrected chi connectivity index (χ4v) is 1.50. The lowest BCUT2D eigenvalue weighted by Crippen LogP contribution is -2.07. The zero-order valence-corrected chi connectivity index (χ0v) is 9.32. The number of rotatable bonds is 5. The Kier molecular flexibility index (Phi) is 4.14. The van der Waals surface area contributed by atoms with Crippen LogP contribution in [-0.2, 0) is 19.9 Å². The van der Waals surface area contributed by atoms with Crippen molar-refractivity contribution in [3.8, 4) is 0 Å². The van der Waals surface area contributed by atoms with E-state index >= 15 is 0 Å². The minimum Gasteiger partial charge on any atom is -0.393 e. The molecule has 0 aliphatic heterocycles. The number of aliphatic hydroxyl groups is 1. The molecule has 1 N–H and O–H groups in total. The largest absolute Gasteiger partial charge is 0.393 e. The number of hydrogen-bond donors (Lipinski definition) is 1. The topological polar surface area (TPSA) is 38.0 Å². The van der Waals surface area contributed by atoms with Crippen LogP contribution in [0.4, 0.5) is 0 Å². The van der Waals surface area contributed by atoms with Crippen LogP contribution in [0.5, 0.6) is 0 Å². The zero-order valence-electron chi connectivity index (χ0n) is 9.32. The molecule has 3 heteroatoms. The van der Waals surface area contributed by atoms with Crippen LogP contribution in [0.3, 0.4) is 0 Å². The summed E-state index contributed by atoms with van der Waals surface area (Å²) in [6.45, 7) is 4.11. The second-order valence-corrected chi connectivity index (χ2v) is 3.70. The van der Waals surface area contributed by atoms with Gasteiger partial charge >= 0.3 is 0 Å². The van der Waals surface area contributed by atoms with Crippen LogP contribution in [0.1, 0.15) is 38.1 Å². The van der Waals surface area contributed by atoms with Crippen LogP contribution < -0.4 is 0 Å². The van der Waals surface area contributed by atoms with Crippen molar-refractivity contribution in [2.45, 2.75) is 45.6 Å². The second-order valence-electron chi connectivity index (χ2n) is 3.70. The van der Waals surface area contributed by atoms with Crippen molar-refractivity contribution >= 4 is 0 Å². The molecule has 80 valence electrons. The molecule has 1 unspecified atom stereocenters. The van der Waals surface area contributed by atoms with Crippen molar-refractivity contribution in [1.29, 1.82) is 0 Å². The van der Waals surface area contributed by atoms with E-state index in [4.69, 9.17) is 0 Å². The summed E-state index contributed by atoms with van der Waals surface area (Å²) in [5, 5.41) is 13.8. The number of hydrogen-bond acceptors (Lipinski definition) is 2. The Labute approximate surface area is 85.8 Å². The third-order valence-electron chi connectivity index (χ3n) is 2.59. The Hall–Kier alpha value is -0.830.